The molecule has 1 aromatic carbocycles. The monoisotopic (exact) mass is 294 g/mol. The van der Waals surface area contributed by atoms with E-state index >= 15 is 0 Å². The molecule has 0 bridgehead atoms. The van der Waals surface area contributed by atoms with Crippen molar-refractivity contribution in [2.45, 2.75) is 6.42 Å². The van der Waals surface area contributed by atoms with Gasteiger partial charge in [-0.1, -0.05) is 12.1 Å². The Morgan fingerprint density at radius 2 is 2.14 bits per heavy atom. The predicted molar refractivity (Wildman–Crippen MR) is 78.6 cm³/mol. The number of para-hydroxylation sites is 1. The number of amides is 1. The maximum Gasteiger partial charge on any atom is 0.260 e. The summed E-state index contributed by atoms with van der Waals surface area (Å²) in [4.78, 5) is 13.9. The van der Waals surface area contributed by atoms with Crippen molar-refractivity contribution in [2.24, 2.45) is 5.73 Å². The zero-order valence-electron chi connectivity index (χ0n) is 12.3. The standard InChI is InChI=1S/C15H22N2O4/c1-19-13-4-2-3-12(5-6-16)15(13)21-11-14(18)17-7-9-20-10-8-17/h2-4H,5-11,16H2,1H3. The van der Waals surface area contributed by atoms with E-state index in [1.165, 1.54) is 0 Å². The minimum Gasteiger partial charge on any atom is -0.493 e. The van der Waals surface area contributed by atoms with Crippen LogP contribution in [0, 0.1) is 0 Å². The normalized spacial score (nSPS) is 14.9. The van der Waals surface area contributed by atoms with E-state index in [-0.39, 0.29) is 12.5 Å². The van der Waals surface area contributed by atoms with Gasteiger partial charge in [0, 0.05) is 13.1 Å². The second-order valence-corrected chi connectivity index (χ2v) is 4.77. The van der Waals surface area contributed by atoms with Gasteiger partial charge >= 0.3 is 0 Å². The van der Waals surface area contributed by atoms with Crippen LogP contribution in [0.5, 0.6) is 11.5 Å². The van der Waals surface area contributed by atoms with Crippen LogP contribution < -0.4 is 15.2 Å². The fourth-order valence-electron chi connectivity index (χ4n) is 2.28. The molecule has 0 atom stereocenters. The molecule has 2 rings (SSSR count). The lowest BCUT2D eigenvalue weighted by Gasteiger charge is -2.27. The van der Waals surface area contributed by atoms with E-state index in [4.69, 9.17) is 19.9 Å². The molecule has 1 saturated heterocycles. The second kappa shape index (κ2) is 7.85. The maximum absolute atomic E-state index is 12.1. The van der Waals surface area contributed by atoms with E-state index in [0.717, 1.165) is 5.56 Å². The van der Waals surface area contributed by atoms with Gasteiger partial charge in [0.1, 0.15) is 0 Å². The van der Waals surface area contributed by atoms with Crippen LogP contribution in [0.3, 0.4) is 0 Å². The molecule has 6 nitrogen and oxygen atoms in total. The molecular formula is C15H22N2O4. The van der Waals surface area contributed by atoms with Crippen molar-refractivity contribution in [3.63, 3.8) is 0 Å². The van der Waals surface area contributed by atoms with Crippen molar-refractivity contribution in [3.8, 4) is 11.5 Å². The van der Waals surface area contributed by atoms with Gasteiger partial charge in [0.15, 0.2) is 18.1 Å². The third-order valence-corrected chi connectivity index (χ3v) is 3.40. The van der Waals surface area contributed by atoms with Gasteiger partial charge in [-0.05, 0) is 24.6 Å². The first-order chi connectivity index (χ1) is 10.3. The van der Waals surface area contributed by atoms with Crippen LogP contribution in [-0.4, -0.2) is 57.4 Å². The number of nitrogens with zero attached hydrogens (tertiary/aromatic N) is 1. The number of carbonyl (C=O) groups is 1. The van der Waals surface area contributed by atoms with E-state index in [0.29, 0.717) is 50.8 Å². The fraction of sp³-hybridized carbons (Fsp3) is 0.533. The van der Waals surface area contributed by atoms with E-state index in [1.54, 1.807) is 12.0 Å². The molecule has 116 valence electrons. The Morgan fingerprint density at radius 3 is 2.81 bits per heavy atom. The molecule has 21 heavy (non-hydrogen) atoms. The van der Waals surface area contributed by atoms with Crippen LogP contribution in [0.15, 0.2) is 18.2 Å². The lowest BCUT2D eigenvalue weighted by atomic mass is 10.1. The van der Waals surface area contributed by atoms with Gasteiger partial charge in [-0.3, -0.25) is 4.79 Å². The van der Waals surface area contributed by atoms with E-state index < -0.39 is 0 Å². The van der Waals surface area contributed by atoms with Gasteiger partial charge in [-0.25, -0.2) is 0 Å². The Bertz CT molecular complexity index is 473. The minimum atomic E-state index is -0.0390. The summed E-state index contributed by atoms with van der Waals surface area (Å²) in [6.07, 6.45) is 0.679. The van der Waals surface area contributed by atoms with Crippen LogP contribution in [-0.2, 0) is 16.0 Å². The summed E-state index contributed by atoms with van der Waals surface area (Å²) >= 11 is 0. The Balaban J connectivity index is 2.02. The van der Waals surface area contributed by atoms with Crippen molar-refractivity contribution < 1.29 is 19.0 Å². The molecule has 0 aromatic heterocycles. The summed E-state index contributed by atoms with van der Waals surface area (Å²) in [5.74, 6) is 1.19. The third-order valence-electron chi connectivity index (χ3n) is 3.40. The van der Waals surface area contributed by atoms with Crippen LogP contribution in [0.1, 0.15) is 5.56 Å². The average Bonchev–Trinajstić information content (AvgIpc) is 2.54. The van der Waals surface area contributed by atoms with Crippen molar-refractivity contribution in [1.29, 1.82) is 0 Å². The van der Waals surface area contributed by atoms with Crippen molar-refractivity contribution in [3.05, 3.63) is 23.8 Å². The minimum absolute atomic E-state index is 0.00204. The number of nitrogens with two attached hydrogens (primary N) is 1. The Hall–Kier alpha value is -1.79. The molecule has 1 fully saturated rings. The third kappa shape index (κ3) is 4.09. The van der Waals surface area contributed by atoms with Gasteiger partial charge in [-0.15, -0.1) is 0 Å². The second-order valence-electron chi connectivity index (χ2n) is 4.77. The zero-order chi connectivity index (χ0) is 15.1. The highest BCUT2D eigenvalue weighted by Gasteiger charge is 2.18. The van der Waals surface area contributed by atoms with Crippen molar-refractivity contribution in [2.75, 3.05) is 46.6 Å². The molecule has 0 unspecified atom stereocenters. The quantitative estimate of drug-likeness (QED) is 0.824. The number of ether oxygens (including phenoxy) is 3. The first-order valence-corrected chi connectivity index (χ1v) is 7.10. The summed E-state index contributed by atoms with van der Waals surface area (Å²) in [5.41, 5.74) is 6.56. The van der Waals surface area contributed by atoms with Crippen molar-refractivity contribution in [1.82, 2.24) is 4.90 Å². The molecule has 1 heterocycles. The number of hydrogen-bond donors (Lipinski definition) is 1. The van der Waals surface area contributed by atoms with Gasteiger partial charge in [0.2, 0.25) is 0 Å². The lowest BCUT2D eigenvalue weighted by Crippen LogP contribution is -2.43. The van der Waals surface area contributed by atoms with Gasteiger partial charge in [0.25, 0.3) is 5.91 Å². The SMILES string of the molecule is COc1cccc(CCN)c1OCC(=O)N1CCOCC1. The molecule has 0 saturated carbocycles. The molecule has 2 N–H and O–H groups in total. The molecule has 6 heteroatoms. The van der Waals surface area contributed by atoms with Gasteiger partial charge in [0.05, 0.1) is 20.3 Å². The highest BCUT2D eigenvalue weighted by Crippen LogP contribution is 2.31. The maximum atomic E-state index is 12.1. The Labute approximate surface area is 124 Å². The summed E-state index contributed by atoms with van der Waals surface area (Å²) in [5, 5.41) is 0. The van der Waals surface area contributed by atoms with E-state index in [2.05, 4.69) is 0 Å². The highest BCUT2D eigenvalue weighted by molar-refractivity contribution is 5.78. The largest absolute Gasteiger partial charge is 0.493 e. The van der Waals surface area contributed by atoms with Crippen LogP contribution in [0.4, 0.5) is 0 Å². The van der Waals surface area contributed by atoms with Crippen LogP contribution in [0.2, 0.25) is 0 Å². The smallest absolute Gasteiger partial charge is 0.260 e. The number of hydrogen-bond acceptors (Lipinski definition) is 5. The first kappa shape index (κ1) is 15.6. The van der Waals surface area contributed by atoms with Gasteiger partial charge in [-0.2, -0.15) is 0 Å². The number of benzene rings is 1. The van der Waals surface area contributed by atoms with E-state index in [9.17, 15) is 4.79 Å². The summed E-state index contributed by atoms with van der Waals surface area (Å²) in [7, 11) is 1.58. The molecule has 1 aromatic rings. The molecular weight excluding hydrogens is 272 g/mol. The summed E-state index contributed by atoms with van der Waals surface area (Å²) in [6, 6.07) is 5.64. The molecule has 1 amide bonds. The number of methoxy groups -OCH3 is 1. The Morgan fingerprint density at radius 1 is 1.38 bits per heavy atom. The highest BCUT2D eigenvalue weighted by atomic mass is 16.5. The predicted octanol–water partition coefficient (Wildman–Crippen LogP) is 0.434. The number of rotatable bonds is 6. The molecule has 0 aliphatic carbocycles. The lowest BCUT2D eigenvalue weighted by molar-refractivity contribution is -0.137. The number of carbonyl (C=O) groups excluding carboxylic acids is 1. The molecule has 0 spiro atoms. The van der Waals surface area contributed by atoms with Gasteiger partial charge < -0.3 is 24.8 Å². The first-order valence-electron chi connectivity index (χ1n) is 7.10. The van der Waals surface area contributed by atoms with E-state index in [1.807, 2.05) is 18.2 Å². The Kier molecular flexibility index (Phi) is 5.83. The molecule has 1 aliphatic heterocycles. The average molecular weight is 294 g/mol. The molecule has 1 aliphatic rings. The number of morpholine rings is 1. The molecule has 0 radical (unpaired) electrons. The fourth-order valence-corrected chi connectivity index (χ4v) is 2.28. The van der Waals surface area contributed by atoms with Crippen LogP contribution >= 0.6 is 0 Å². The summed E-state index contributed by atoms with van der Waals surface area (Å²) in [6.45, 7) is 2.91. The zero-order valence-corrected chi connectivity index (χ0v) is 12.3. The summed E-state index contributed by atoms with van der Waals surface area (Å²) < 4.78 is 16.2. The van der Waals surface area contributed by atoms with Crippen LogP contribution in [0.25, 0.3) is 0 Å². The van der Waals surface area contributed by atoms with Crippen molar-refractivity contribution >= 4 is 5.91 Å². The topological polar surface area (TPSA) is 74.0 Å².